The monoisotopic (exact) mass is 1510 g/mol. The molecule has 0 aliphatic carbocycles. The first-order valence-electron chi connectivity index (χ1n) is 43.4. The highest BCUT2D eigenvalue weighted by atomic mass is 31.2. The molecule has 17 nitrogen and oxygen atoms in total. The van der Waals surface area contributed by atoms with Gasteiger partial charge in [-0.25, -0.2) is 0 Å². The summed E-state index contributed by atoms with van der Waals surface area (Å²) in [4.78, 5) is 87.1. The Balaban J connectivity index is 7.18. The number of hydrogen-bond donors (Lipinski definition) is 0. The second kappa shape index (κ2) is 68.4. The first-order chi connectivity index (χ1) is 49.5. The molecule has 0 saturated heterocycles. The molecular weight excluding hydrogens is 1340 g/mol. The molecule has 0 radical (unpaired) electrons. The first kappa shape index (κ1) is 101. The summed E-state index contributed by atoms with van der Waals surface area (Å²) in [5, 5.41) is 0. The van der Waals surface area contributed by atoms with Gasteiger partial charge in [-0.15, -0.1) is 0 Å². The highest BCUT2D eigenvalue weighted by molar-refractivity contribution is 7.46. The Labute approximate surface area is 634 Å². The number of likely N-dealkylation sites (N-methyl/N-ethyl adjacent to an activating group) is 2. The number of ether oxygens (including phenoxy) is 3. The Kier molecular flexibility index (Phi) is 67.3. The minimum atomic E-state index is -5.64. The van der Waals surface area contributed by atoms with E-state index < -0.39 is 76.8 Å². The van der Waals surface area contributed by atoms with E-state index in [0.29, 0.717) is 34.6 Å². The van der Waals surface area contributed by atoms with Crippen molar-refractivity contribution in [1.82, 2.24) is 0 Å². The van der Waals surface area contributed by atoms with Gasteiger partial charge in [-0.2, -0.15) is 0 Å². The molecule has 103 heavy (non-hydrogen) atoms. The molecule has 0 aliphatic heterocycles. The summed E-state index contributed by atoms with van der Waals surface area (Å²) in [6.45, 7) is 6.57. The van der Waals surface area contributed by atoms with Gasteiger partial charge in [0.05, 0.1) is 55.5 Å². The average Bonchev–Trinajstić information content (AvgIpc) is 0.764. The lowest BCUT2D eigenvalue weighted by molar-refractivity contribution is -0.870. The van der Waals surface area contributed by atoms with Crippen molar-refractivity contribution in [3.05, 3.63) is 0 Å². The first-order valence-corrected chi connectivity index (χ1v) is 46.3. The second-order valence-electron chi connectivity index (χ2n) is 32.6. The molecule has 0 aromatic carbocycles. The van der Waals surface area contributed by atoms with Crippen LogP contribution in [0.5, 0.6) is 0 Å². The maximum absolute atomic E-state index is 15.6. The predicted octanol–water partition coefficient (Wildman–Crippen LogP) is 22.6. The third-order valence-electron chi connectivity index (χ3n) is 20.1. The number of esters is 2. The summed E-state index contributed by atoms with van der Waals surface area (Å²) in [5.74, 6) is -2.95. The Morgan fingerprint density at radius 2 is 0.573 bits per heavy atom. The summed E-state index contributed by atoms with van der Waals surface area (Å²) in [5.41, 5.74) is -3.03. The minimum Gasteiger partial charge on any atom is -0.756 e. The van der Waals surface area contributed by atoms with Crippen molar-refractivity contribution < 1.29 is 79.4 Å². The Hall–Kier alpha value is -1.62. The molecule has 19 heteroatoms. The third kappa shape index (κ3) is 64.9. The summed E-state index contributed by atoms with van der Waals surface area (Å²) in [6, 6.07) is 0. The van der Waals surface area contributed by atoms with Crippen molar-refractivity contribution >= 4 is 39.2 Å². The van der Waals surface area contributed by atoms with E-state index in [1.54, 1.807) is 0 Å². The molecular formula is C84H166N2O15P2. The fourth-order valence-electron chi connectivity index (χ4n) is 13.3. The van der Waals surface area contributed by atoms with E-state index in [-0.39, 0.29) is 64.8 Å². The smallest absolute Gasteiger partial charge is 0.306 e. The van der Waals surface area contributed by atoms with Gasteiger partial charge in [0.1, 0.15) is 39.0 Å². The van der Waals surface area contributed by atoms with Gasteiger partial charge < -0.3 is 46.5 Å². The maximum atomic E-state index is 15.6. The number of Topliss-reactive ketones (excluding diaryl/α,β-unsaturated/α-hetero) is 2. The van der Waals surface area contributed by atoms with E-state index in [9.17, 15) is 28.5 Å². The van der Waals surface area contributed by atoms with Crippen LogP contribution in [-0.4, -0.2) is 139 Å². The van der Waals surface area contributed by atoms with Gasteiger partial charge in [0.15, 0.2) is 17.7 Å². The van der Waals surface area contributed by atoms with Crippen LogP contribution in [0.4, 0.5) is 0 Å². The van der Waals surface area contributed by atoms with Gasteiger partial charge in [-0.05, 0) is 25.7 Å². The summed E-state index contributed by atoms with van der Waals surface area (Å²) >= 11 is 0. The molecule has 0 amide bonds. The molecule has 0 saturated carbocycles. The standard InChI is InChI=1S/C84H166N2O15P2/c1-11-15-19-23-27-31-35-39-41-45-49-53-57-61-65-69-82(89)96-76-78(100-83(90)70-66-62-58-54-50-46-42-40-36-32-28-24-20-16-12-2)75-95-81(77-99-102(91,92)97-73-71-85(5,6)7)84(101-103(93,94)98-74-72-86(8,9)10,79(87)67-63-59-55-51-47-43-37-33-29-25-21-17-13-3)80(88)68-64-60-56-52-48-44-38-34-30-26-22-18-14-4/h78,81H,11-77H2,1-10H3/t78-,81-/m0/s1. The van der Waals surface area contributed by atoms with Gasteiger partial charge in [0.25, 0.3) is 15.6 Å². The Morgan fingerprint density at radius 1 is 0.320 bits per heavy atom. The number of unbranched alkanes of at least 4 members (excludes halogenated alkanes) is 52. The topological polar surface area (TPSA) is 213 Å². The van der Waals surface area contributed by atoms with Crippen molar-refractivity contribution in [2.75, 3.05) is 88.4 Å². The molecule has 0 aromatic rings. The summed E-state index contributed by atoms with van der Waals surface area (Å²) in [7, 11) is 0.265. The average molecular weight is 1510 g/mol. The zero-order valence-electron chi connectivity index (χ0n) is 68.9. The molecule has 0 spiro atoms. The molecule has 0 aliphatic rings. The van der Waals surface area contributed by atoms with Gasteiger partial charge >= 0.3 is 11.9 Å². The van der Waals surface area contributed by atoms with E-state index in [4.69, 9.17) is 32.3 Å². The Morgan fingerprint density at radius 3 is 0.854 bits per heavy atom. The number of phosphoric acid groups is 2. The molecule has 4 atom stereocenters. The number of quaternary nitrogens is 2. The van der Waals surface area contributed by atoms with Crippen LogP contribution in [0, 0.1) is 0 Å². The predicted molar refractivity (Wildman–Crippen MR) is 423 cm³/mol. The zero-order valence-corrected chi connectivity index (χ0v) is 70.7. The van der Waals surface area contributed by atoms with Crippen LogP contribution >= 0.6 is 15.6 Å². The van der Waals surface area contributed by atoms with E-state index in [1.807, 2.05) is 42.3 Å². The SMILES string of the molecule is CCCCCCCCCCCCCCCCCC(=O)OC[C@H](CO[C@@H](COP(=O)([O-])OCC[N+](C)(C)C)C(OP(=O)([O-])OCC[N+](C)(C)C)(C(=O)CCCCCCCCCCCCCCC)C(=O)CCCCCCCCCCCCCCC)OC(=O)CCCCCCCCCCCCCCCCC. The van der Waals surface area contributed by atoms with Crippen molar-refractivity contribution in [2.24, 2.45) is 0 Å². The fourth-order valence-corrected chi connectivity index (χ4v) is 15.0. The fraction of sp³-hybridized carbons (Fsp3) is 0.952. The lowest BCUT2D eigenvalue weighted by Crippen LogP contribution is -2.61. The van der Waals surface area contributed by atoms with Gasteiger partial charge in [-0.3, -0.25) is 32.8 Å². The molecule has 612 valence electrons. The molecule has 0 bridgehead atoms. The minimum absolute atomic E-state index is 0.0601. The zero-order chi connectivity index (χ0) is 76.3. The number of ketones is 2. The normalized spacial score (nSPS) is 14.0. The van der Waals surface area contributed by atoms with Crippen LogP contribution in [0.3, 0.4) is 0 Å². The van der Waals surface area contributed by atoms with Crippen molar-refractivity contribution in [1.29, 1.82) is 0 Å². The molecule has 0 fully saturated rings. The van der Waals surface area contributed by atoms with E-state index in [2.05, 4.69) is 27.7 Å². The maximum Gasteiger partial charge on any atom is 0.306 e. The number of hydrogen-bond acceptors (Lipinski definition) is 15. The van der Waals surface area contributed by atoms with E-state index in [1.165, 1.54) is 218 Å². The van der Waals surface area contributed by atoms with Crippen LogP contribution < -0.4 is 9.79 Å². The van der Waals surface area contributed by atoms with E-state index >= 15 is 9.59 Å². The largest absolute Gasteiger partial charge is 0.756 e. The highest BCUT2D eigenvalue weighted by Crippen LogP contribution is 2.48. The third-order valence-corrected chi connectivity index (χ3v) is 22.1. The molecule has 2 unspecified atom stereocenters. The van der Waals surface area contributed by atoms with Crippen LogP contribution in [0.15, 0.2) is 0 Å². The second-order valence-corrected chi connectivity index (χ2v) is 35.3. The Bertz CT molecular complexity index is 2030. The summed E-state index contributed by atoms with van der Waals surface area (Å²) in [6.07, 6.45) is 58.1. The number of nitrogens with zero attached hydrogens (tertiary/aromatic N) is 2. The van der Waals surface area contributed by atoms with Crippen LogP contribution in [0.1, 0.15) is 413 Å². The lowest BCUT2D eigenvalue weighted by atomic mass is 9.82. The lowest BCUT2D eigenvalue weighted by Gasteiger charge is -2.42. The van der Waals surface area contributed by atoms with Crippen LogP contribution in [-0.2, 0) is 60.6 Å². The number of phosphoric ester groups is 2. The van der Waals surface area contributed by atoms with Crippen molar-refractivity contribution in [2.45, 2.75) is 431 Å². The van der Waals surface area contributed by atoms with Gasteiger partial charge in [0.2, 0.25) is 5.60 Å². The molecule has 0 rings (SSSR count). The number of carbonyl (C=O) groups excluding carboxylic acids is 4. The van der Waals surface area contributed by atoms with Crippen molar-refractivity contribution in [3.8, 4) is 0 Å². The number of carbonyl (C=O) groups is 4. The molecule has 0 aromatic heterocycles. The van der Waals surface area contributed by atoms with Crippen LogP contribution in [0.25, 0.3) is 0 Å². The van der Waals surface area contributed by atoms with E-state index in [0.717, 1.165) is 103 Å². The quantitative estimate of drug-likeness (QED) is 0.0182. The molecule has 0 N–H and O–H groups in total. The number of rotatable bonds is 82. The van der Waals surface area contributed by atoms with Gasteiger partial charge in [-0.1, -0.05) is 362 Å². The summed E-state index contributed by atoms with van der Waals surface area (Å²) < 4.78 is 70.1. The van der Waals surface area contributed by atoms with Gasteiger partial charge in [0, 0.05) is 25.7 Å². The van der Waals surface area contributed by atoms with Crippen molar-refractivity contribution in [3.63, 3.8) is 0 Å². The molecule has 0 heterocycles. The van der Waals surface area contributed by atoms with Crippen LogP contribution in [0.2, 0.25) is 0 Å². The highest BCUT2D eigenvalue weighted by Gasteiger charge is 2.56.